The SMILES string of the molecule is Cc1cc(CN)ccc1Sc1ccccc1[N+](=O)[O-]. The number of nitrogens with zero attached hydrogens (tertiary/aromatic N) is 1. The Balaban J connectivity index is 2.34. The van der Waals surface area contributed by atoms with Crippen LogP contribution in [0.2, 0.25) is 0 Å². The van der Waals surface area contributed by atoms with Crippen molar-refractivity contribution in [2.75, 3.05) is 0 Å². The Morgan fingerprint density at radius 1 is 1.21 bits per heavy atom. The number of para-hydroxylation sites is 1. The number of nitro groups is 1. The van der Waals surface area contributed by atoms with E-state index in [0.717, 1.165) is 16.0 Å². The van der Waals surface area contributed by atoms with Crippen molar-refractivity contribution in [3.05, 3.63) is 63.7 Å². The maximum absolute atomic E-state index is 11.0. The molecule has 2 rings (SSSR count). The Morgan fingerprint density at radius 3 is 2.58 bits per heavy atom. The third-order valence-electron chi connectivity index (χ3n) is 2.76. The molecule has 19 heavy (non-hydrogen) atoms. The molecule has 0 aliphatic carbocycles. The number of aryl methyl sites for hydroxylation is 1. The van der Waals surface area contributed by atoms with Crippen LogP contribution in [-0.4, -0.2) is 4.92 Å². The topological polar surface area (TPSA) is 69.2 Å². The van der Waals surface area contributed by atoms with Crippen LogP contribution in [0.15, 0.2) is 52.3 Å². The van der Waals surface area contributed by atoms with E-state index in [1.807, 2.05) is 25.1 Å². The second-order valence-electron chi connectivity index (χ2n) is 4.13. The van der Waals surface area contributed by atoms with Gasteiger partial charge < -0.3 is 5.73 Å². The standard InChI is InChI=1S/C14H14N2O2S/c1-10-8-11(9-15)6-7-13(10)19-14-5-3-2-4-12(14)16(17)18/h2-8H,9,15H2,1H3. The molecule has 0 aliphatic heterocycles. The van der Waals surface area contributed by atoms with E-state index < -0.39 is 0 Å². The van der Waals surface area contributed by atoms with Crippen molar-refractivity contribution in [2.45, 2.75) is 23.3 Å². The molecule has 2 aromatic carbocycles. The smallest absolute Gasteiger partial charge is 0.283 e. The van der Waals surface area contributed by atoms with Crippen molar-refractivity contribution >= 4 is 17.4 Å². The lowest BCUT2D eigenvalue weighted by Gasteiger charge is -2.07. The van der Waals surface area contributed by atoms with Crippen molar-refractivity contribution in [3.8, 4) is 0 Å². The molecule has 0 bridgehead atoms. The number of hydrogen-bond acceptors (Lipinski definition) is 4. The molecular formula is C14H14N2O2S. The van der Waals surface area contributed by atoms with Gasteiger partial charge in [-0.1, -0.05) is 36.0 Å². The van der Waals surface area contributed by atoms with Crippen LogP contribution in [0.25, 0.3) is 0 Å². The quantitative estimate of drug-likeness (QED) is 0.684. The molecule has 0 spiro atoms. The Kier molecular flexibility index (Phi) is 4.19. The van der Waals surface area contributed by atoms with Crippen LogP contribution < -0.4 is 5.73 Å². The van der Waals surface area contributed by atoms with Gasteiger partial charge >= 0.3 is 0 Å². The lowest BCUT2D eigenvalue weighted by molar-refractivity contribution is -0.387. The molecule has 0 radical (unpaired) electrons. The van der Waals surface area contributed by atoms with Crippen molar-refractivity contribution in [2.24, 2.45) is 5.73 Å². The first-order valence-electron chi connectivity index (χ1n) is 5.82. The third-order valence-corrected chi connectivity index (χ3v) is 4.00. The molecular weight excluding hydrogens is 260 g/mol. The summed E-state index contributed by atoms with van der Waals surface area (Å²) in [6, 6.07) is 12.7. The van der Waals surface area contributed by atoms with Crippen molar-refractivity contribution < 1.29 is 4.92 Å². The lowest BCUT2D eigenvalue weighted by atomic mass is 10.1. The van der Waals surface area contributed by atoms with Crippen LogP contribution in [0, 0.1) is 17.0 Å². The molecule has 0 saturated heterocycles. The van der Waals surface area contributed by atoms with Crippen LogP contribution in [0.1, 0.15) is 11.1 Å². The summed E-state index contributed by atoms with van der Waals surface area (Å²) in [6.07, 6.45) is 0. The van der Waals surface area contributed by atoms with Gasteiger partial charge in [-0.2, -0.15) is 0 Å². The van der Waals surface area contributed by atoms with E-state index in [2.05, 4.69) is 0 Å². The van der Waals surface area contributed by atoms with E-state index in [1.165, 1.54) is 17.8 Å². The molecule has 0 aromatic heterocycles. The van der Waals surface area contributed by atoms with Gasteiger partial charge in [0.2, 0.25) is 0 Å². The molecule has 0 aliphatic rings. The van der Waals surface area contributed by atoms with E-state index in [4.69, 9.17) is 5.73 Å². The van der Waals surface area contributed by atoms with Crippen LogP contribution in [0.4, 0.5) is 5.69 Å². The second-order valence-corrected chi connectivity index (χ2v) is 5.21. The molecule has 0 fully saturated rings. The minimum atomic E-state index is -0.355. The molecule has 2 N–H and O–H groups in total. The number of nitrogens with two attached hydrogens (primary N) is 1. The minimum absolute atomic E-state index is 0.134. The van der Waals surface area contributed by atoms with E-state index in [-0.39, 0.29) is 10.6 Å². The number of hydrogen-bond donors (Lipinski definition) is 1. The summed E-state index contributed by atoms with van der Waals surface area (Å²) >= 11 is 1.41. The van der Waals surface area contributed by atoms with Crippen LogP contribution in [0.3, 0.4) is 0 Å². The largest absolute Gasteiger partial charge is 0.326 e. The van der Waals surface area contributed by atoms with Crippen LogP contribution >= 0.6 is 11.8 Å². The number of rotatable bonds is 4. The van der Waals surface area contributed by atoms with Gasteiger partial charge in [-0.25, -0.2) is 0 Å². The Labute approximate surface area is 115 Å². The van der Waals surface area contributed by atoms with E-state index >= 15 is 0 Å². The van der Waals surface area contributed by atoms with Gasteiger partial charge in [0.1, 0.15) is 0 Å². The molecule has 98 valence electrons. The highest BCUT2D eigenvalue weighted by molar-refractivity contribution is 7.99. The molecule has 4 nitrogen and oxygen atoms in total. The predicted molar refractivity (Wildman–Crippen MR) is 76.3 cm³/mol. The number of nitro benzene ring substituents is 1. The molecule has 0 amide bonds. The minimum Gasteiger partial charge on any atom is -0.326 e. The predicted octanol–water partition coefficient (Wildman–Crippen LogP) is 3.51. The first kappa shape index (κ1) is 13.6. The fraction of sp³-hybridized carbons (Fsp3) is 0.143. The highest BCUT2D eigenvalue weighted by Gasteiger charge is 2.14. The fourth-order valence-corrected chi connectivity index (χ4v) is 2.75. The number of benzene rings is 2. The van der Waals surface area contributed by atoms with Crippen LogP contribution in [0.5, 0.6) is 0 Å². The monoisotopic (exact) mass is 274 g/mol. The second kappa shape index (κ2) is 5.86. The fourth-order valence-electron chi connectivity index (χ4n) is 1.77. The molecule has 5 heteroatoms. The lowest BCUT2D eigenvalue weighted by Crippen LogP contribution is -1.96. The zero-order valence-corrected chi connectivity index (χ0v) is 11.3. The molecule has 2 aromatic rings. The van der Waals surface area contributed by atoms with Gasteiger partial charge in [0, 0.05) is 17.5 Å². The van der Waals surface area contributed by atoms with E-state index in [9.17, 15) is 10.1 Å². The molecule has 0 unspecified atom stereocenters. The average molecular weight is 274 g/mol. The Morgan fingerprint density at radius 2 is 1.95 bits per heavy atom. The summed E-state index contributed by atoms with van der Waals surface area (Å²) in [4.78, 5) is 12.3. The maximum Gasteiger partial charge on any atom is 0.283 e. The summed E-state index contributed by atoms with van der Waals surface area (Å²) in [5.74, 6) is 0. The summed E-state index contributed by atoms with van der Waals surface area (Å²) in [5, 5.41) is 11.0. The Bertz CT molecular complexity index is 614. The van der Waals surface area contributed by atoms with Crippen molar-refractivity contribution in [1.82, 2.24) is 0 Å². The van der Waals surface area contributed by atoms with Gasteiger partial charge in [-0.05, 0) is 30.2 Å². The molecule has 0 heterocycles. The highest BCUT2D eigenvalue weighted by Crippen LogP contribution is 2.36. The van der Waals surface area contributed by atoms with E-state index in [1.54, 1.807) is 18.2 Å². The molecule has 0 atom stereocenters. The molecule has 0 saturated carbocycles. The van der Waals surface area contributed by atoms with Gasteiger partial charge in [-0.3, -0.25) is 10.1 Å². The van der Waals surface area contributed by atoms with Gasteiger partial charge in [0.15, 0.2) is 0 Å². The zero-order valence-electron chi connectivity index (χ0n) is 10.5. The zero-order chi connectivity index (χ0) is 13.8. The maximum atomic E-state index is 11.0. The summed E-state index contributed by atoms with van der Waals surface area (Å²) < 4.78 is 0. The first-order valence-corrected chi connectivity index (χ1v) is 6.64. The normalized spacial score (nSPS) is 10.4. The van der Waals surface area contributed by atoms with E-state index in [0.29, 0.717) is 11.4 Å². The van der Waals surface area contributed by atoms with Crippen molar-refractivity contribution in [1.29, 1.82) is 0 Å². The van der Waals surface area contributed by atoms with Crippen LogP contribution in [-0.2, 0) is 6.54 Å². The van der Waals surface area contributed by atoms with Gasteiger partial charge in [0.05, 0.1) is 9.82 Å². The highest BCUT2D eigenvalue weighted by atomic mass is 32.2. The summed E-state index contributed by atoms with van der Waals surface area (Å²) in [5.41, 5.74) is 7.86. The average Bonchev–Trinajstić information content (AvgIpc) is 2.41. The van der Waals surface area contributed by atoms with Gasteiger partial charge in [-0.15, -0.1) is 0 Å². The summed E-state index contributed by atoms with van der Waals surface area (Å²) in [7, 11) is 0. The third kappa shape index (κ3) is 3.13. The van der Waals surface area contributed by atoms with Crippen molar-refractivity contribution in [3.63, 3.8) is 0 Å². The Hall–Kier alpha value is -1.85. The first-order chi connectivity index (χ1) is 9.11. The summed E-state index contributed by atoms with van der Waals surface area (Å²) in [6.45, 7) is 2.48. The van der Waals surface area contributed by atoms with Gasteiger partial charge in [0.25, 0.3) is 5.69 Å².